The summed E-state index contributed by atoms with van der Waals surface area (Å²) in [7, 11) is 0. The van der Waals surface area contributed by atoms with Crippen LogP contribution in [0.4, 0.5) is 16.2 Å². The van der Waals surface area contributed by atoms with E-state index in [0.717, 1.165) is 43.9 Å². The minimum absolute atomic E-state index is 0.293. The third kappa shape index (κ3) is 3.45. The molecule has 3 aromatic rings. The molecule has 1 fully saturated rings. The lowest BCUT2D eigenvalue weighted by molar-refractivity contribution is 0.629. The fourth-order valence-corrected chi connectivity index (χ4v) is 3.07. The van der Waals surface area contributed by atoms with Crippen LogP contribution in [-0.2, 0) is 0 Å². The summed E-state index contributed by atoms with van der Waals surface area (Å²) in [4.78, 5) is 16.8. The average molecular weight is 355 g/mol. The highest BCUT2D eigenvalue weighted by Crippen LogP contribution is 2.28. The van der Waals surface area contributed by atoms with Gasteiger partial charge in [0, 0.05) is 25.3 Å². The van der Waals surface area contributed by atoms with E-state index >= 15 is 0 Å². The third-order valence-corrected chi connectivity index (χ3v) is 4.42. The highest BCUT2D eigenvalue weighted by molar-refractivity contribution is 5.82. The molecule has 3 heterocycles. The van der Waals surface area contributed by atoms with Crippen LogP contribution in [0.3, 0.4) is 0 Å². The molecule has 7 nitrogen and oxygen atoms in total. The molecule has 26 heavy (non-hydrogen) atoms. The zero-order valence-electron chi connectivity index (χ0n) is 14.6. The SMILES string of the molecule is CCCNc1ncc(-c2nc3ccc(F)cc3[nH]2)c(NC2CCNC2)n1. The van der Waals surface area contributed by atoms with Gasteiger partial charge in [0.25, 0.3) is 0 Å². The number of aromatic nitrogens is 4. The molecule has 8 heteroatoms. The molecule has 136 valence electrons. The largest absolute Gasteiger partial charge is 0.365 e. The van der Waals surface area contributed by atoms with Crippen LogP contribution in [0.2, 0.25) is 0 Å². The first-order valence-electron chi connectivity index (χ1n) is 8.96. The van der Waals surface area contributed by atoms with Gasteiger partial charge < -0.3 is 20.9 Å². The Bertz CT molecular complexity index is 902. The number of anilines is 2. The van der Waals surface area contributed by atoms with Crippen LogP contribution in [-0.4, -0.2) is 45.6 Å². The van der Waals surface area contributed by atoms with Crippen molar-refractivity contribution in [3.63, 3.8) is 0 Å². The highest BCUT2D eigenvalue weighted by Gasteiger charge is 2.19. The molecule has 1 aliphatic heterocycles. The van der Waals surface area contributed by atoms with Crippen LogP contribution in [0.25, 0.3) is 22.4 Å². The Kier molecular flexibility index (Phi) is 4.66. The molecule has 4 rings (SSSR count). The third-order valence-electron chi connectivity index (χ3n) is 4.42. The fourth-order valence-electron chi connectivity index (χ4n) is 3.07. The number of rotatable bonds is 6. The standard InChI is InChI=1S/C18H22FN7/c1-2-6-21-18-22-10-13(16(26-18)23-12-5-7-20-9-12)17-24-14-4-3-11(19)8-15(14)25-17/h3-4,8,10,12,20H,2,5-7,9H2,1H3,(H,24,25)(H2,21,22,23,26). The molecule has 1 aromatic carbocycles. The maximum absolute atomic E-state index is 13.5. The first-order chi connectivity index (χ1) is 12.7. The second kappa shape index (κ2) is 7.25. The predicted octanol–water partition coefficient (Wildman–Crippen LogP) is 2.75. The first kappa shape index (κ1) is 16.7. The summed E-state index contributed by atoms with van der Waals surface area (Å²) in [6, 6.07) is 4.82. The molecule has 1 aliphatic rings. The molecule has 4 N–H and O–H groups in total. The molecule has 1 saturated heterocycles. The van der Waals surface area contributed by atoms with Gasteiger partial charge in [0.15, 0.2) is 0 Å². The first-order valence-corrected chi connectivity index (χ1v) is 8.96. The Labute approximate surface area is 150 Å². The van der Waals surface area contributed by atoms with Gasteiger partial charge in [-0.2, -0.15) is 4.98 Å². The molecule has 1 atom stereocenters. The summed E-state index contributed by atoms with van der Waals surface area (Å²) in [5.41, 5.74) is 2.14. The van der Waals surface area contributed by atoms with Gasteiger partial charge in [-0.25, -0.2) is 14.4 Å². The molecular weight excluding hydrogens is 333 g/mol. The number of fused-ring (bicyclic) bond motifs is 1. The number of nitrogens with zero attached hydrogens (tertiary/aromatic N) is 3. The van der Waals surface area contributed by atoms with Gasteiger partial charge in [-0.05, 0) is 37.6 Å². The van der Waals surface area contributed by atoms with Gasteiger partial charge in [-0.1, -0.05) is 6.92 Å². The minimum Gasteiger partial charge on any atom is -0.365 e. The molecule has 2 aromatic heterocycles. The van der Waals surface area contributed by atoms with E-state index in [9.17, 15) is 4.39 Å². The van der Waals surface area contributed by atoms with Crippen molar-refractivity contribution in [2.45, 2.75) is 25.8 Å². The number of H-pyrrole nitrogens is 1. The summed E-state index contributed by atoms with van der Waals surface area (Å²) < 4.78 is 13.5. The smallest absolute Gasteiger partial charge is 0.224 e. The van der Waals surface area contributed by atoms with Crippen molar-refractivity contribution in [1.29, 1.82) is 0 Å². The normalized spacial score (nSPS) is 16.9. The number of halogens is 1. The van der Waals surface area contributed by atoms with Crippen LogP contribution in [0.5, 0.6) is 0 Å². The minimum atomic E-state index is -0.293. The van der Waals surface area contributed by atoms with E-state index in [1.807, 2.05) is 0 Å². The summed E-state index contributed by atoms with van der Waals surface area (Å²) in [5, 5.41) is 10.0. The lowest BCUT2D eigenvalue weighted by Gasteiger charge is -2.15. The van der Waals surface area contributed by atoms with Crippen LogP contribution >= 0.6 is 0 Å². The number of nitrogens with one attached hydrogen (secondary N) is 4. The van der Waals surface area contributed by atoms with Gasteiger partial charge in [-0.3, -0.25) is 0 Å². The summed E-state index contributed by atoms with van der Waals surface area (Å²) >= 11 is 0. The average Bonchev–Trinajstić information content (AvgIpc) is 3.29. The quantitative estimate of drug-likeness (QED) is 0.544. The summed E-state index contributed by atoms with van der Waals surface area (Å²) in [6.07, 6.45) is 3.78. The lowest BCUT2D eigenvalue weighted by Crippen LogP contribution is -2.23. The fraction of sp³-hybridized carbons (Fsp3) is 0.389. The zero-order valence-corrected chi connectivity index (χ0v) is 14.6. The molecule has 0 amide bonds. The van der Waals surface area contributed by atoms with Gasteiger partial charge in [-0.15, -0.1) is 0 Å². The van der Waals surface area contributed by atoms with Crippen molar-refractivity contribution < 1.29 is 4.39 Å². The van der Waals surface area contributed by atoms with E-state index in [4.69, 9.17) is 0 Å². The maximum Gasteiger partial charge on any atom is 0.224 e. The molecule has 0 aliphatic carbocycles. The van der Waals surface area contributed by atoms with E-state index < -0.39 is 0 Å². The number of imidazole rings is 1. The second-order valence-electron chi connectivity index (χ2n) is 6.46. The zero-order chi connectivity index (χ0) is 17.9. The van der Waals surface area contributed by atoms with Crippen LogP contribution in [0.15, 0.2) is 24.4 Å². The molecule has 0 bridgehead atoms. The van der Waals surface area contributed by atoms with Gasteiger partial charge in [0.2, 0.25) is 5.95 Å². The lowest BCUT2D eigenvalue weighted by atomic mass is 10.2. The van der Waals surface area contributed by atoms with Crippen molar-refractivity contribution >= 4 is 22.8 Å². The number of aromatic amines is 1. The topological polar surface area (TPSA) is 90.5 Å². The summed E-state index contributed by atoms with van der Waals surface area (Å²) in [5.74, 6) is 1.65. The van der Waals surface area contributed by atoms with E-state index in [1.54, 1.807) is 12.3 Å². The van der Waals surface area contributed by atoms with Crippen molar-refractivity contribution in [2.24, 2.45) is 0 Å². The number of hydrogen-bond donors (Lipinski definition) is 4. The van der Waals surface area contributed by atoms with Gasteiger partial charge in [0.1, 0.15) is 17.5 Å². The van der Waals surface area contributed by atoms with E-state index in [-0.39, 0.29) is 5.82 Å². The number of benzene rings is 1. The molecular formula is C18H22FN7. The maximum atomic E-state index is 13.5. The molecule has 0 saturated carbocycles. The van der Waals surface area contributed by atoms with Crippen molar-refractivity contribution in [3.05, 3.63) is 30.2 Å². The van der Waals surface area contributed by atoms with Crippen LogP contribution < -0.4 is 16.0 Å². The molecule has 0 spiro atoms. The monoisotopic (exact) mass is 355 g/mol. The van der Waals surface area contributed by atoms with E-state index in [2.05, 4.69) is 42.8 Å². The van der Waals surface area contributed by atoms with Crippen molar-refractivity contribution in [1.82, 2.24) is 25.3 Å². The van der Waals surface area contributed by atoms with Gasteiger partial charge >= 0.3 is 0 Å². The Hall–Kier alpha value is -2.74. The van der Waals surface area contributed by atoms with E-state index in [0.29, 0.717) is 28.8 Å². The predicted molar refractivity (Wildman–Crippen MR) is 101 cm³/mol. The Morgan fingerprint density at radius 3 is 3.04 bits per heavy atom. The second-order valence-corrected chi connectivity index (χ2v) is 6.46. The van der Waals surface area contributed by atoms with Crippen molar-refractivity contribution in [3.8, 4) is 11.4 Å². The number of hydrogen-bond acceptors (Lipinski definition) is 6. The van der Waals surface area contributed by atoms with Crippen molar-refractivity contribution in [2.75, 3.05) is 30.3 Å². The van der Waals surface area contributed by atoms with Crippen LogP contribution in [0, 0.1) is 5.82 Å². The van der Waals surface area contributed by atoms with Gasteiger partial charge in [0.05, 0.1) is 16.6 Å². The van der Waals surface area contributed by atoms with E-state index in [1.165, 1.54) is 12.1 Å². The summed E-state index contributed by atoms with van der Waals surface area (Å²) in [6.45, 7) is 4.79. The Balaban J connectivity index is 1.71. The molecule has 0 radical (unpaired) electrons. The highest BCUT2D eigenvalue weighted by atomic mass is 19.1. The van der Waals surface area contributed by atoms with Crippen LogP contribution in [0.1, 0.15) is 19.8 Å². The Morgan fingerprint density at radius 1 is 1.31 bits per heavy atom. The Morgan fingerprint density at radius 2 is 2.23 bits per heavy atom. The molecule has 1 unspecified atom stereocenters.